The molecule has 0 aromatic heterocycles. The van der Waals surface area contributed by atoms with Gasteiger partial charge < -0.3 is 0 Å². The van der Waals surface area contributed by atoms with E-state index in [1.54, 1.807) is 0 Å². The zero-order chi connectivity index (χ0) is 39.1. The van der Waals surface area contributed by atoms with Crippen molar-refractivity contribution in [3.05, 3.63) is 133 Å². The highest BCUT2D eigenvalue weighted by atomic mass is 19.2. The van der Waals surface area contributed by atoms with E-state index in [9.17, 15) is 13.2 Å². The second kappa shape index (κ2) is 13.7. The first-order valence-corrected chi connectivity index (χ1v) is 17.1. The normalized spacial score (nSPS) is 18.8. The lowest BCUT2D eigenvalue weighted by molar-refractivity contribution is 0.379. The summed E-state index contributed by atoms with van der Waals surface area (Å²) >= 11 is 0. The number of rotatable bonds is 7. The van der Waals surface area contributed by atoms with Gasteiger partial charge in [-0.2, -0.15) is 0 Å². The lowest BCUT2D eigenvalue weighted by atomic mass is 9.11. The number of hydrogen-bond acceptors (Lipinski definition) is 0. The van der Waals surface area contributed by atoms with Gasteiger partial charge in [0.15, 0.2) is 52.4 Å². The molecule has 4 aliphatic rings. The number of allylic oxidation sites excluding steroid dienone is 8. The minimum Gasteiger partial charge on any atom is -0.209 e. The summed E-state index contributed by atoms with van der Waals surface area (Å²) in [6.45, 7) is 0. The third-order valence-corrected chi connectivity index (χ3v) is 11.5. The predicted octanol–water partition coefficient (Wildman–Crippen LogP) is 10.2. The van der Waals surface area contributed by atoms with Crippen LogP contribution in [0.2, 0.25) is 0 Å². The van der Waals surface area contributed by atoms with E-state index < -0.39 is 122 Å². The second-order valence-corrected chi connectivity index (χ2v) is 14.0. The highest BCUT2D eigenvalue weighted by molar-refractivity contribution is 7.16. The number of hydrogen-bond donors (Lipinski definition) is 0. The molecule has 7 rings (SSSR count). The van der Waals surface area contributed by atoms with E-state index in [2.05, 4.69) is 0 Å². The van der Waals surface area contributed by atoms with Crippen molar-refractivity contribution in [1.82, 2.24) is 0 Å². The van der Waals surface area contributed by atoms with Crippen LogP contribution in [0.4, 0.5) is 65.9 Å². The molecule has 0 nitrogen and oxygen atoms in total. The smallest absolute Gasteiger partial charge is 0.200 e. The molecule has 4 aliphatic carbocycles. The number of fused-ring (bicyclic) bond motifs is 2. The molecule has 16 heteroatoms. The maximum Gasteiger partial charge on any atom is 0.200 e. The lowest BCUT2D eigenvalue weighted by Gasteiger charge is -2.47. The van der Waals surface area contributed by atoms with Gasteiger partial charge in [0.25, 0.3) is 0 Å². The van der Waals surface area contributed by atoms with Crippen molar-refractivity contribution in [2.24, 2.45) is 5.92 Å². The van der Waals surface area contributed by atoms with Crippen molar-refractivity contribution < 1.29 is 65.9 Å². The van der Waals surface area contributed by atoms with E-state index >= 15 is 52.7 Å². The van der Waals surface area contributed by atoms with Gasteiger partial charge in [-0.1, -0.05) is 35.3 Å². The summed E-state index contributed by atoms with van der Waals surface area (Å²) in [4.78, 5) is 0. The van der Waals surface area contributed by atoms with Gasteiger partial charge in [0.1, 0.15) is 41.0 Å². The molecule has 1 atom stereocenters. The first-order chi connectivity index (χ1) is 25.6. The largest absolute Gasteiger partial charge is 0.209 e. The Morgan fingerprint density at radius 2 is 0.833 bits per heavy atom. The van der Waals surface area contributed by atoms with Crippen molar-refractivity contribution in [3.63, 3.8) is 0 Å². The number of halogens is 15. The molecular formula is C38H25BF15-. The van der Waals surface area contributed by atoms with Gasteiger partial charge in [0, 0.05) is 0 Å². The molecule has 0 amide bonds. The Kier molecular flexibility index (Phi) is 9.65. The molecule has 54 heavy (non-hydrogen) atoms. The first kappa shape index (κ1) is 37.9. The Hall–Kier alpha value is -4.37. The van der Waals surface area contributed by atoms with Crippen molar-refractivity contribution in [2.45, 2.75) is 70.6 Å². The van der Waals surface area contributed by atoms with Gasteiger partial charge in [0.05, 0.1) is 0 Å². The number of benzene rings is 3. The zero-order valence-electron chi connectivity index (χ0n) is 27.8. The summed E-state index contributed by atoms with van der Waals surface area (Å²) < 4.78 is 232. The molecule has 0 bridgehead atoms. The topological polar surface area (TPSA) is 0 Å². The van der Waals surface area contributed by atoms with Gasteiger partial charge in [-0.25, -0.2) is 71.3 Å². The summed E-state index contributed by atoms with van der Waals surface area (Å²) in [6.07, 6.45) is 1.32. The van der Waals surface area contributed by atoms with Gasteiger partial charge >= 0.3 is 0 Å². The van der Waals surface area contributed by atoms with Crippen molar-refractivity contribution in [3.8, 4) is 0 Å². The maximum atomic E-state index is 16.3. The van der Waals surface area contributed by atoms with Crippen LogP contribution in [0.5, 0.6) is 0 Å². The molecule has 286 valence electrons. The van der Waals surface area contributed by atoms with Gasteiger partial charge in [0.2, 0.25) is 0 Å². The van der Waals surface area contributed by atoms with Crippen LogP contribution in [0.15, 0.2) is 45.5 Å². The van der Waals surface area contributed by atoms with Crippen LogP contribution in [0.3, 0.4) is 0 Å². The van der Waals surface area contributed by atoms with Crippen LogP contribution in [-0.4, -0.2) is 6.15 Å². The standard InChI is InChI=1S/C38H25BF15/c40-24-21(25(41)31(47)36(52)30(24)46)39(22-26(42)32(48)37(53)33(49)27(22)43,23-28(44)34(50)38(54)35(51)29(23)45)20-13-16(18-7-3-4-8-19(18)20)12-11-15-10-9-14-5-1-2-6-17(14)15/h9-10,14H,1-8,11-13H2/q-1. The Morgan fingerprint density at radius 1 is 0.444 bits per heavy atom. The van der Waals surface area contributed by atoms with Gasteiger partial charge in [-0.05, 0) is 81.3 Å². The molecule has 0 spiro atoms. The van der Waals surface area contributed by atoms with Crippen LogP contribution in [0.25, 0.3) is 0 Å². The first-order valence-electron chi connectivity index (χ1n) is 17.1. The maximum absolute atomic E-state index is 16.3. The average Bonchev–Trinajstić information content (AvgIpc) is 3.76. The third-order valence-electron chi connectivity index (χ3n) is 11.5. The summed E-state index contributed by atoms with van der Waals surface area (Å²) in [5.74, 6) is -44.3. The molecule has 2 saturated carbocycles. The van der Waals surface area contributed by atoms with Gasteiger partial charge in [-0.3, -0.25) is 0 Å². The lowest BCUT2D eigenvalue weighted by Crippen LogP contribution is -2.74. The van der Waals surface area contributed by atoms with E-state index in [0.29, 0.717) is 6.42 Å². The van der Waals surface area contributed by atoms with Crippen LogP contribution in [0.1, 0.15) is 70.6 Å². The molecular weight excluding hydrogens is 752 g/mol. The van der Waals surface area contributed by atoms with E-state index in [1.165, 1.54) is 0 Å². The van der Waals surface area contributed by atoms with Crippen molar-refractivity contribution in [1.29, 1.82) is 0 Å². The van der Waals surface area contributed by atoms with Crippen LogP contribution in [0, 0.1) is 93.2 Å². The molecule has 0 radical (unpaired) electrons. The minimum atomic E-state index is -5.74. The summed E-state index contributed by atoms with van der Waals surface area (Å²) in [7, 11) is 0. The molecule has 2 fully saturated rings. The zero-order valence-corrected chi connectivity index (χ0v) is 27.8. The monoisotopic (exact) mass is 777 g/mol. The average molecular weight is 777 g/mol. The molecule has 0 aliphatic heterocycles. The fraction of sp³-hybridized carbons (Fsp3) is 0.316. The fourth-order valence-electron chi connectivity index (χ4n) is 9.23. The van der Waals surface area contributed by atoms with Crippen molar-refractivity contribution in [2.75, 3.05) is 0 Å². The predicted molar refractivity (Wildman–Crippen MR) is 168 cm³/mol. The quantitative estimate of drug-likeness (QED) is 0.0971. The van der Waals surface area contributed by atoms with Crippen LogP contribution >= 0.6 is 0 Å². The van der Waals surface area contributed by atoms with Crippen molar-refractivity contribution >= 4 is 22.5 Å². The minimum absolute atomic E-state index is 0.0235. The van der Waals surface area contributed by atoms with E-state index in [0.717, 1.165) is 36.8 Å². The second-order valence-electron chi connectivity index (χ2n) is 14.0. The highest BCUT2D eigenvalue weighted by Crippen LogP contribution is 2.48. The molecule has 0 heterocycles. The molecule has 3 aromatic rings. The Morgan fingerprint density at radius 3 is 1.28 bits per heavy atom. The summed E-state index contributed by atoms with van der Waals surface area (Å²) in [5, 5.41) is 0. The summed E-state index contributed by atoms with van der Waals surface area (Å²) in [5.41, 5.74) is -6.43. The Balaban J connectivity index is 1.63. The molecule has 0 N–H and O–H groups in total. The Labute approximate surface area is 297 Å². The van der Waals surface area contributed by atoms with E-state index in [1.807, 2.05) is 12.2 Å². The Bertz CT molecular complexity index is 2030. The van der Waals surface area contributed by atoms with Crippen LogP contribution in [-0.2, 0) is 0 Å². The van der Waals surface area contributed by atoms with Gasteiger partial charge in [-0.15, -0.1) is 16.4 Å². The van der Waals surface area contributed by atoms with E-state index in [4.69, 9.17) is 0 Å². The SMILES string of the molecule is Fc1c(F)c(F)c([B-](C2=C3CCCCC3=C(CCC3=C4CCCCC4C=C3)C2)(c2c(F)c(F)c(F)c(F)c2F)c2c(F)c(F)c(F)c(F)c2F)c(F)c1F. The molecule has 1 unspecified atom stereocenters. The summed E-state index contributed by atoms with van der Waals surface area (Å²) in [6, 6.07) is 0. The molecule has 0 saturated heterocycles. The third kappa shape index (κ3) is 5.31. The highest BCUT2D eigenvalue weighted by Gasteiger charge is 2.51. The fourth-order valence-corrected chi connectivity index (χ4v) is 9.23. The molecule has 3 aromatic carbocycles. The van der Waals surface area contributed by atoms with Crippen LogP contribution < -0.4 is 16.4 Å². The van der Waals surface area contributed by atoms with E-state index in [-0.39, 0.29) is 54.7 Å².